The third-order valence-corrected chi connectivity index (χ3v) is 5.13. The van der Waals surface area contributed by atoms with E-state index in [1.54, 1.807) is 4.68 Å². The molecule has 3 rings (SSSR count). The van der Waals surface area contributed by atoms with Crippen LogP contribution < -0.4 is 10.5 Å². The number of aromatic amines is 1. The number of aryl methyl sites for hydroxylation is 2. The van der Waals surface area contributed by atoms with Crippen molar-refractivity contribution < 1.29 is 4.74 Å². The summed E-state index contributed by atoms with van der Waals surface area (Å²) in [6, 6.07) is 0. The van der Waals surface area contributed by atoms with Gasteiger partial charge in [0, 0.05) is 39.8 Å². The smallest absolute Gasteiger partial charge is 0.278 e. The molecule has 8 heteroatoms. The maximum absolute atomic E-state index is 12.7. The van der Waals surface area contributed by atoms with Crippen molar-refractivity contribution in [2.24, 2.45) is 13.0 Å². The van der Waals surface area contributed by atoms with Gasteiger partial charge in [0.15, 0.2) is 5.52 Å². The molecule has 28 heavy (non-hydrogen) atoms. The number of rotatable bonds is 9. The van der Waals surface area contributed by atoms with Crippen LogP contribution in [0.15, 0.2) is 4.79 Å². The molecule has 0 bridgehead atoms. The van der Waals surface area contributed by atoms with Gasteiger partial charge in [0.2, 0.25) is 5.95 Å². The molecule has 0 aromatic carbocycles. The Bertz CT molecular complexity index is 822. The van der Waals surface area contributed by atoms with Crippen LogP contribution in [0, 0.1) is 5.92 Å². The van der Waals surface area contributed by atoms with Crippen LogP contribution >= 0.6 is 0 Å². The molecule has 8 nitrogen and oxygen atoms in total. The van der Waals surface area contributed by atoms with E-state index in [-0.39, 0.29) is 5.56 Å². The molecule has 0 saturated carbocycles. The predicted octanol–water partition coefficient (Wildman–Crippen LogP) is 1.79. The van der Waals surface area contributed by atoms with Crippen molar-refractivity contribution in [2.75, 3.05) is 50.8 Å². The first kappa shape index (κ1) is 20.8. The first-order chi connectivity index (χ1) is 13.5. The first-order valence-corrected chi connectivity index (χ1v) is 10.5. The zero-order valence-corrected chi connectivity index (χ0v) is 17.7. The summed E-state index contributed by atoms with van der Waals surface area (Å²) in [5, 5.41) is 4.52. The summed E-state index contributed by atoms with van der Waals surface area (Å²) in [5.41, 5.74) is 2.10. The second-order valence-electron chi connectivity index (χ2n) is 8.05. The highest BCUT2D eigenvalue weighted by Gasteiger charge is 2.18. The van der Waals surface area contributed by atoms with Crippen molar-refractivity contribution in [1.29, 1.82) is 0 Å². The number of hydrogen-bond donors (Lipinski definition) is 1. The molecule has 0 atom stereocenters. The minimum atomic E-state index is -0.112. The lowest BCUT2D eigenvalue weighted by Gasteiger charge is -2.29. The summed E-state index contributed by atoms with van der Waals surface area (Å²) < 4.78 is 7.08. The van der Waals surface area contributed by atoms with E-state index in [2.05, 4.69) is 40.7 Å². The van der Waals surface area contributed by atoms with E-state index in [0.29, 0.717) is 17.4 Å². The van der Waals surface area contributed by atoms with Gasteiger partial charge in [0.1, 0.15) is 5.52 Å². The summed E-state index contributed by atoms with van der Waals surface area (Å²) in [5.74, 6) is 1.15. The van der Waals surface area contributed by atoms with Gasteiger partial charge < -0.3 is 9.64 Å². The normalized spacial score (nSPS) is 15.6. The van der Waals surface area contributed by atoms with E-state index in [0.717, 1.165) is 76.4 Å². The van der Waals surface area contributed by atoms with E-state index >= 15 is 0 Å². The lowest BCUT2D eigenvalue weighted by molar-refractivity contribution is 0.0376. The van der Waals surface area contributed by atoms with Crippen LogP contribution in [-0.2, 0) is 18.2 Å². The van der Waals surface area contributed by atoms with Gasteiger partial charge in [-0.05, 0) is 18.8 Å². The van der Waals surface area contributed by atoms with Gasteiger partial charge >= 0.3 is 0 Å². The molecule has 1 aliphatic heterocycles. The average molecular weight is 391 g/mol. The Morgan fingerprint density at radius 3 is 2.71 bits per heavy atom. The Morgan fingerprint density at radius 2 is 2.04 bits per heavy atom. The maximum Gasteiger partial charge on any atom is 0.278 e. The molecule has 0 radical (unpaired) electrons. The maximum atomic E-state index is 12.7. The Balaban J connectivity index is 1.81. The van der Waals surface area contributed by atoms with Crippen molar-refractivity contribution in [3.8, 4) is 0 Å². The predicted molar refractivity (Wildman–Crippen MR) is 112 cm³/mol. The number of aromatic nitrogens is 4. The molecular formula is C20H34N6O2. The van der Waals surface area contributed by atoms with Crippen molar-refractivity contribution in [1.82, 2.24) is 24.6 Å². The summed E-state index contributed by atoms with van der Waals surface area (Å²) in [4.78, 5) is 25.3. The molecule has 2 aromatic heterocycles. The van der Waals surface area contributed by atoms with E-state index in [9.17, 15) is 4.79 Å². The molecule has 156 valence electrons. The minimum Gasteiger partial charge on any atom is -0.379 e. The fourth-order valence-electron chi connectivity index (χ4n) is 3.82. The second-order valence-corrected chi connectivity index (χ2v) is 8.05. The number of ether oxygens (including phenoxy) is 1. The van der Waals surface area contributed by atoms with Crippen LogP contribution in [0.4, 0.5) is 5.95 Å². The zero-order chi connectivity index (χ0) is 20.1. The van der Waals surface area contributed by atoms with Gasteiger partial charge in [-0.15, -0.1) is 0 Å². The fraction of sp³-hybridized carbons (Fsp3) is 0.750. The minimum absolute atomic E-state index is 0.112. The molecular weight excluding hydrogens is 356 g/mol. The molecule has 1 fully saturated rings. The number of anilines is 1. The fourth-order valence-corrected chi connectivity index (χ4v) is 3.82. The highest BCUT2D eigenvalue weighted by molar-refractivity contribution is 5.77. The third-order valence-electron chi connectivity index (χ3n) is 5.13. The Labute approximate surface area is 166 Å². The van der Waals surface area contributed by atoms with Gasteiger partial charge in [-0.2, -0.15) is 5.10 Å². The van der Waals surface area contributed by atoms with Crippen LogP contribution in [0.1, 0.15) is 39.3 Å². The number of morpholine rings is 1. The van der Waals surface area contributed by atoms with Gasteiger partial charge in [0.05, 0.1) is 18.9 Å². The molecule has 0 spiro atoms. The molecule has 3 heterocycles. The Kier molecular flexibility index (Phi) is 7.07. The Hall–Kier alpha value is -1.93. The van der Waals surface area contributed by atoms with Crippen LogP contribution in [0.5, 0.6) is 0 Å². The topological polar surface area (TPSA) is 79.3 Å². The van der Waals surface area contributed by atoms with Crippen molar-refractivity contribution in [3.05, 3.63) is 16.0 Å². The highest BCUT2D eigenvalue weighted by Crippen LogP contribution is 2.18. The third kappa shape index (κ3) is 4.91. The molecule has 1 N–H and O–H groups in total. The first-order valence-electron chi connectivity index (χ1n) is 10.5. The number of hydrogen-bond acceptors (Lipinski definition) is 6. The van der Waals surface area contributed by atoms with E-state index in [4.69, 9.17) is 9.72 Å². The summed E-state index contributed by atoms with van der Waals surface area (Å²) >= 11 is 0. The van der Waals surface area contributed by atoms with Crippen LogP contribution in [0.2, 0.25) is 0 Å². The molecule has 0 unspecified atom stereocenters. The standard InChI is InChI=1S/C20H34N6O2/c1-5-7-16-17-18(24(4)23-16)19(27)22-20(21-17)26(14-15(2)3)9-6-8-25-10-12-28-13-11-25/h15H,5-14H2,1-4H3,(H,21,22,27). The largest absolute Gasteiger partial charge is 0.379 e. The van der Waals surface area contributed by atoms with Gasteiger partial charge in [-0.1, -0.05) is 27.2 Å². The van der Waals surface area contributed by atoms with Gasteiger partial charge in [-0.3, -0.25) is 19.4 Å². The van der Waals surface area contributed by atoms with E-state index in [1.807, 2.05) is 7.05 Å². The average Bonchev–Trinajstić information content (AvgIpc) is 2.98. The van der Waals surface area contributed by atoms with Crippen LogP contribution in [0.25, 0.3) is 11.0 Å². The monoisotopic (exact) mass is 390 g/mol. The lowest BCUT2D eigenvalue weighted by atomic mass is 10.2. The highest BCUT2D eigenvalue weighted by atomic mass is 16.5. The molecule has 0 aliphatic carbocycles. The quantitative estimate of drug-likeness (QED) is 0.703. The van der Waals surface area contributed by atoms with Crippen LogP contribution in [0.3, 0.4) is 0 Å². The molecule has 2 aromatic rings. The number of fused-ring (bicyclic) bond motifs is 1. The summed E-state index contributed by atoms with van der Waals surface area (Å²) in [7, 11) is 1.81. The van der Waals surface area contributed by atoms with Crippen LogP contribution in [-0.4, -0.2) is 70.6 Å². The van der Waals surface area contributed by atoms with E-state index in [1.165, 1.54) is 0 Å². The van der Waals surface area contributed by atoms with Crippen molar-refractivity contribution >= 4 is 17.0 Å². The van der Waals surface area contributed by atoms with Crippen molar-refractivity contribution in [2.45, 2.75) is 40.0 Å². The number of nitrogens with one attached hydrogen (secondary N) is 1. The molecule has 1 saturated heterocycles. The Morgan fingerprint density at radius 1 is 1.29 bits per heavy atom. The van der Waals surface area contributed by atoms with Crippen molar-refractivity contribution in [3.63, 3.8) is 0 Å². The summed E-state index contributed by atoms with van der Waals surface area (Å²) in [6.45, 7) is 12.9. The zero-order valence-electron chi connectivity index (χ0n) is 17.7. The number of nitrogens with zero attached hydrogens (tertiary/aromatic N) is 5. The van der Waals surface area contributed by atoms with Gasteiger partial charge in [0.25, 0.3) is 5.56 Å². The van der Waals surface area contributed by atoms with E-state index < -0.39 is 0 Å². The number of H-pyrrole nitrogens is 1. The van der Waals surface area contributed by atoms with Gasteiger partial charge in [-0.25, -0.2) is 4.98 Å². The second kappa shape index (κ2) is 9.52. The molecule has 1 aliphatic rings. The molecule has 0 amide bonds. The lowest BCUT2D eigenvalue weighted by Crippen LogP contribution is -2.39. The SMILES string of the molecule is CCCc1nn(C)c2c(=O)[nH]c(N(CCCN3CCOCC3)CC(C)C)nc12. The summed E-state index contributed by atoms with van der Waals surface area (Å²) in [6.07, 6.45) is 2.84.